The van der Waals surface area contributed by atoms with Crippen LogP contribution >= 0.6 is 0 Å². The highest BCUT2D eigenvalue weighted by Gasteiger charge is 2.18. The van der Waals surface area contributed by atoms with Crippen LogP contribution in [0.4, 0.5) is 13.2 Å². The lowest BCUT2D eigenvalue weighted by molar-refractivity contribution is -0.123. The molecule has 40 heavy (non-hydrogen) atoms. The molecular weight excluding hydrogens is 517 g/mol. The minimum atomic E-state index is -0.636. The molecule has 1 amide bonds. The number of aromatic amines is 1. The Morgan fingerprint density at radius 3 is 2.50 bits per heavy atom. The second-order valence-electron chi connectivity index (χ2n) is 9.32. The Hall–Kier alpha value is -4.37. The van der Waals surface area contributed by atoms with Gasteiger partial charge in [-0.05, 0) is 71.2 Å². The van der Waals surface area contributed by atoms with Crippen molar-refractivity contribution in [1.82, 2.24) is 20.4 Å². The van der Waals surface area contributed by atoms with Crippen LogP contribution in [0.25, 0.3) is 22.0 Å². The van der Waals surface area contributed by atoms with E-state index in [0.717, 1.165) is 17.7 Å². The quantitative estimate of drug-likeness (QED) is 0.138. The van der Waals surface area contributed by atoms with E-state index in [2.05, 4.69) is 15.5 Å². The Bertz CT molecular complexity index is 1540. The highest BCUT2D eigenvalue weighted by molar-refractivity contribution is 6.00. The molecule has 4 aromatic rings. The molecule has 3 aromatic carbocycles. The maximum atomic E-state index is 14.9. The number of H-pyrrole nitrogens is 1. The van der Waals surface area contributed by atoms with Crippen LogP contribution in [0.1, 0.15) is 30.0 Å². The van der Waals surface area contributed by atoms with Crippen LogP contribution in [-0.4, -0.2) is 54.8 Å². The first-order valence-corrected chi connectivity index (χ1v) is 12.9. The Morgan fingerprint density at radius 1 is 1.02 bits per heavy atom. The third-order valence-corrected chi connectivity index (χ3v) is 6.37. The van der Waals surface area contributed by atoms with Crippen molar-refractivity contribution in [1.29, 1.82) is 0 Å². The molecule has 0 atom stereocenters. The molecule has 0 saturated carbocycles. The zero-order valence-corrected chi connectivity index (χ0v) is 22.6. The van der Waals surface area contributed by atoms with E-state index < -0.39 is 17.6 Å². The number of benzene rings is 3. The van der Waals surface area contributed by atoms with Crippen molar-refractivity contribution in [3.63, 3.8) is 0 Å². The van der Waals surface area contributed by atoms with Crippen LogP contribution in [0, 0.1) is 17.6 Å². The van der Waals surface area contributed by atoms with E-state index in [1.165, 1.54) is 17.0 Å². The van der Waals surface area contributed by atoms with Crippen LogP contribution in [0.3, 0.4) is 0 Å². The number of rotatable bonds is 11. The summed E-state index contributed by atoms with van der Waals surface area (Å²) in [6, 6.07) is 15.8. The van der Waals surface area contributed by atoms with Gasteiger partial charge in [-0.15, -0.1) is 5.10 Å². The highest BCUT2D eigenvalue weighted by Crippen LogP contribution is 2.37. The van der Waals surface area contributed by atoms with Crippen molar-refractivity contribution < 1.29 is 22.7 Å². The first kappa shape index (κ1) is 28.6. The van der Waals surface area contributed by atoms with Crippen LogP contribution in [0.15, 0.2) is 72.8 Å². The predicted molar refractivity (Wildman–Crippen MR) is 151 cm³/mol. The van der Waals surface area contributed by atoms with Crippen LogP contribution < -0.4 is 10.1 Å². The van der Waals surface area contributed by atoms with Gasteiger partial charge in [-0.2, -0.15) is 4.39 Å². The van der Waals surface area contributed by atoms with Crippen molar-refractivity contribution in [2.24, 2.45) is 0 Å². The fourth-order valence-electron chi connectivity index (χ4n) is 4.34. The fraction of sp³-hybridized carbons (Fsp3) is 0.226. The molecule has 2 N–H and O–H groups in total. The summed E-state index contributed by atoms with van der Waals surface area (Å²) in [6.07, 6.45) is 3.67. The average Bonchev–Trinajstić information content (AvgIpc) is 3.32. The summed E-state index contributed by atoms with van der Waals surface area (Å²) < 4.78 is 49.3. The van der Waals surface area contributed by atoms with E-state index in [9.17, 15) is 18.0 Å². The first-order valence-electron chi connectivity index (χ1n) is 12.9. The molecule has 6 nitrogen and oxygen atoms in total. The van der Waals surface area contributed by atoms with Crippen molar-refractivity contribution in [2.75, 3.05) is 33.8 Å². The Labute approximate surface area is 231 Å². The molecule has 0 unspecified atom stereocenters. The van der Waals surface area contributed by atoms with Gasteiger partial charge < -0.3 is 15.0 Å². The van der Waals surface area contributed by atoms with Gasteiger partial charge >= 0.3 is 0 Å². The van der Waals surface area contributed by atoms with Gasteiger partial charge in [-0.3, -0.25) is 9.89 Å². The SMILES string of the molecule is CCC(=C(c1ccc(OCCNCC=CC(=O)N(C)C)cc1)c1ccc2[nH]nc(F)c2c1)c1cc(F)ccc1F. The molecule has 4 rings (SSSR count). The van der Waals surface area contributed by atoms with Crippen LogP contribution in [0.2, 0.25) is 0 Å². The van der Waals surface area contributed by atoms with Gasteiger partial charge in [0.25, 0.3) is 0 Å². The minimum Gasteiger partial charge on any atom is -0.492 e. The van der Waals surface area contributed by atoms with Crippen LogP contribution in [0.5, 0.6) is 5.75 Å². The molecule has 9 heteroatoms. The summed E-state index contributed by atoms with van der Waals surface area (Å²) in [6.45, 7) is 3.38. The minimum absolute atomic E-state index is 0.0762. The molecule has 0 bridgehead atoms. The number of hydrogen-bond donors (Lipinski definition) is 2. The van der Waals surface area contributed by atoms with Gasteiger partial charge in [0.15, 0.2) is 0 Å². The molecule has 208 valence electrons. The Balaban J connectivity index is 1.59. The molecule has 0 aliphatic rings. The number of aromatic nitrogens is 2. The predicted octanol–water partition coefficient (Wildman–Crippen LogP) is 5.96. The van der Waals surface area contributed by atoms with Gasteiger partial charge in [0.2, 0.25) is 11.9 Å². The first-order chi connectivity index (χ1) is 19.3. The lowest BCUT2D eigenvalue weighted by Gasteiger charge is -2.17. The third-order valence-electron chi connectivity index (χ3n) is 6.37. The van der Waals surface area contributed by atoms with Gasteiger partial charge in [-0.1, -0.05) is 31.2 Å². The van der Waals surface area contributed by atoms with Gasteiger partial charge in [0.05, 0.1) is 10.9 Å². The molecule has 0 spiro atoms. The van der Waals surface area contributed by atoms with Crippen molar-refractivity contribution >= 4 is 28.0 Å². The molecule has 0 radical (unpaired) electrons. The van der Waals surface area contributed by atoms with E-state index in [0.29, 0.717) is 59.5 Å². The second-order valence-corrected chi connectivity index (χ2v) is 9.32. The summed E-state index contributed by atoms with van der Waals surface area (Å²) >= 11 is 0. The highest BCUT2D eigenvalue weighted by atomic mass is 19.1. The topological polar surface area (TPSA) is 70.2 Å². The number of carbonyl (C=O) groups is 1. The normalized spacial score (nSPS) is 12.2. The van der Waals surface area contributed by atoms with E-state index in [1.54, 1.807) is 50.5 Å². The van der Waals surface area contributed by atoms with Gasteiger partial charge in [0.1, 0.15) is 24.0 Å². The van der Waals surface area contributed by atoms with Crippen LogP contribution in [-0.2, 0) is 4.79 Å². The lowest BCUT2D eigenvalue weighted by Crippen LogP contribution is -2.22. The largest absolute Gasteiger partial charge is 0.492 e. The zero-order valence-electron chi connectivity index (χ0n) is 22.6. The summed E-state index contributed by atoms with van der Waals surface area (Å²) in [4.78, 5) is 13.0. The average molecular weight is 549 g/mol. The van der Waals surface area contributed by atoms with E-state index >= 15 is 0 Å². The number of amides is 1. The van der Waals surface area contributed by atoms with Crippen molar-refractivity contribution in [3.8, 4) is 5.75 Å². The number of allylic oxidation sites excluding steroid dienone is 1. The zero-order chi connectivity index (χ0) is 28.6. The Morgan fingerprint density at radius 2 is 1.77 bits per heavy atom. The number of carbonyl (C=O) groups excluding carboxylic acids is 1. The summed E-state index contributed by atoms with van der Waals surface area (Å²) in [5, 5.41) is 9.76. The molecular formula is C31H31F3N4O2. The number of nitrogens with one attached hydrogen (secondary N) is 2. The van der Waals surface area contributed by atoms with E-state index in [1.807, 2.05) is 19.1 Å². The van der Waals surface area contributed by atoms with E-state index in [-0.39, 0.29) is 11.5 Å². The standard InChI is InChI=1S/C31H31F3N4O2/c1-4-24(25-19-22(32)10-13-27(25)33)30(21-9-14-28-26(18-21)31(34)37-36-28)20-7-11-23(12-8-20)40-17-16-35-15-5-6-29(39)38(2)3/h5-14,18-19,35H,4,15-17H2,1-3H3,(H,36,37). The molecule has 0 saturated heterocycles. The van der Waals surface area contributed by atoms with Crippen molar-refractivity contribution in [3.05, 3.63) is 107 Å². The maximum Gasteiger partial charge on any atom is 0.245 e. The fourth-order valence-corrected chi connectivity index (χ4v) is 4.34. The number of halogens is 3. The number of hydrogen-bond acceptors (Lipinski definition) is 4. The summed E-state index contributed by atoms with van der Waals surface area (Å²) in [5.74, 6) is -1.17. The summed E-state index contributed by atoms with van der Waals surface area (Å²) in [5.41, 5.74) is 3.31. The number of nitrogens with zero attached hydrogens (tertiary/aromatic N) is 2. The van der Waals surface area contributed by atoms with Gasteiger partial charge in [0, 0.05) is 38.8 Å². The lowest BCUT2D eigenvalue weighted by atomic mass is 9.87. The monoisotopic (exact) mass is 548 g/mol. The Kier molecular flexibility index (Phi) is 9.39. The molecule has 1 heterocycles. The smallest absolute Gasteiger partial charge is 0.245 e. The molecule has 1 aromatic heterocycles. The molecule has 0 aliphatic carbocycles. The molecule has 0 fully saturated rings. The second kappa shape index (κ2) is 13.1. The number of ether oxygens (including phenoxy) is 1. The molecule has 0 aliphatic heterocycles. The third kappa shape index (κ3) is 6.79. The number of fused-ring (bicyclic) bond motifs is 1. The number of likely N-dealkylation sites (N-methyl/N-ethyl adjacent to an activating group) is 1. The van der Waals surface area contributed by atoms with Crippen molar-refractivity contribution in [2.45, 2.75) is 13.3 Å². The summed E-state index contributed by atoms with van der Waals surface area (Å²) in [7, 11) is 3.39. The van der Waals surface area contributed by atoms with Gasteiger partial charge in [-0.25, -0.2) is 8.78 Å². The maximum absolute atomic E-state index is 14.9. The van der Waals surface area contributed by atoms with E-state index in [4.69, 9.17) is 4.74 Å².